The molecule has 11 nitrogen and oxygen atoms in total. The van der Waals surface area contributed by atoms with Crippen LogP contribution in [-0.4, -0.2) is 71.7 Å². The van der Waals surface area contributed by atoms with Crippen LogP contribution in [0.4, 0.5) is 10.3 Å². The van der Waals surface area contributed by atoms with Crippen molar-refractivity contribution < 1.29 is 37.7 Å². The van der Waals surface area contributed by atoms with E-state index in [1.807, 2.05) is 91.0 Å². The second kappa shape index (κ2) is 17.0. The summed E-state index contributed by atoms with van der Waals surface area (Å²) in [6, 6.07) is 29.2. The molecule has 0 aliphatic carbocycles. The maximum atomic E-state index is 14.9. The van der Waals surface area contributed by atoms with Gasteiger partial charge in [-0.1, -0.05) is 96.0 Å². The summed E-state index contributed by atoms with van der Waals surface area (Å²) in [4.78, 5) is 14.2. The maximum absolute atomic E-state index is 14.9. The Morgan fingerprint density at radius 2 is 1.37 bits per heavy atom. The Morgan fingerprint density at radius 3 is 1.89 bits per heavy atom. The summed E-state index contributed by atoms with van der Waals surface area (Å²) in [7, 11) is 1.52. The third-order valence-electron chi connectivity index (χ3n) is 7.51. The summed E-state index contributed by atoms with van der Waals surface area (Å²) in [5.74, 6) is -0.435. The molecule has 46 heavy (non-hydrogen) atoms. The highest BCUT2D eigenvalue weighted by Gasteiger charge is 2.49. The molecule has 1 aliphatic heterocycles. The number of methoxy groups -OCH3 is 1. The Bertz CT molecular complexity index is 1460. The van der Waals surface area contributed by atoms with E-state index in [2.05, 4.69) is 4.98 Å². The molecule has 0 spiro atoms. The summed E-state index contributed by atoms with van der Waals surface area (Å²) in [6.07, 6.45) is -2.51. The van der Waals surface area contributed by atoms with Crippen LogP contribution in [0.1, 0.15) is 16.7 Å². The van der Waals surface area contributed by atoms with E-state index in [0.29, 0.717) is 0 Å². The lowest BCUT2D eigenvalue weighted by molar-refractivity contribution is -0.396. The van der Waals surface area contributed by atoms with Gasteiger partial charge < -0.3 is 38.5 Å². The van der Waals surface area contributed by atoms with Crippen LogP contribution in [0.3, 0.4) is 0 Å². The van der Waals surface area contributed by atoms with Crippen molar-refractivity contribution >= 4 is 5.95 Å². The summed E-state index contributed by atoms with van der Waals surface area (Å²) < 4.78 is 53.5. The van der Waals surface area contributed by atoms with Crippen LogP contribution < -0.4 is 0 Å². The van der Waals surface area contributed by atoms with Crippen molar-refractivity contribution in [3.8, 4) is 0 Å². The number of ether oxygens (including phenoxy) is 6. The number of rotatable bonds is 17. The Morgan fingerprint density at radius 1 is 0.848 bits per heavy atom. The molecule has 0 saturated carbocycles. The molecule has 2 heterocycles. The van der Waals surface area contributed by atoms with Gasteiger partial charge >= 0.3 is 5.95 Å². The van der Waals surface area contributed by atoms with Crippen molar-refractivity contribution in [1.29, 1.82) is 0 Å². The molecule has 1 unspecified atom stereocenters. The number of hydrogen-bond donors (Lipinski definition) is 0. The number of halogens is 1. The van der Waals surface area contributed by atoms with Gasteiger partial charge in [-0.25, -0.2) is 8.96 Å². The third-order valence-corrected chi connectivity index (χ3v) is 7.51. The molecule has 6 atom stereocenters. The fourth-order valence-electron chi connectivity index (χ4n) is 5.26. The summed E-state index contributed by atoms with van der Waals surface area (Å²) in [6.45, 7) is 0.160. The minimum absolute atomic E-state index is 0.0532. The van der Waals surface area contributed by atoms with Gasteiger partial charge in [-0.2, -0.15) is 0 Å². The first-order valence-corrected chi connectivity index (χ1v) is 15.0. The van der Waals surface area contributed by atoms with Gasteiger partial charge in [-0.3, -0.25) is 0 Å². The molecule has 5 rings (SSSR count). The van der Waals surface area contributed by atoms with E-state index in [0.717, 1.165) is 21.3 Å². The van der Waals surface area contributed by atoms with Crippen LogP contribution in [0.5, 0.6) is 0 Å². The van der Waals surface area contributed by atoms with E-state index in [1.165, 1.54) is 19.5 Å². The van der Waals surface area contributed by atoms with Gasteiger partial charge in [-0.15, -0.1) is 0 Å². The van der Waals surface area contributed by atoms with Crippen molar-refractivity contribution in [2.75, 3.05) is 20.3 Å². The Kier molecular flexibility index (Phi) is 12.3. The molecular formula is C34H38FN3O8. The lowest BCUT2D eigenvalue weighted by atomic mass is 9.97. The molecular weight excluding hydrogens is 597 g/mol. The van der Waals surface area contributed by atoms with E-state index < -0.39 is 47.7 Å². The van der Waals surface area contributed by atoms with Gasteiger partial charge in [0.05, 0.1) is 33.0 Å². The van der Waals surface area contributed by atoms with Crippen LogP contribution in [0.2, 0.25) is 0 Å². The largest absolute Gasteiger partial charge is 0.434 e. The smallest absolute Gasteiger partial charge is 0.390 e. The van der Waals surface area contributed by atoms with Gasteiger partial charge in [0.2, 0.25) is 0 Å². The number of nitro groups is 1. The van der Waals surface area contributed by atoms with Crippen LogP contribution in [0, 0.1) is 10.1 Å². The van der Waals surface area contributed by atoms with Crippen molar-refractivity contribution in [1.82, 2.24) is 9.55 Å². The maximum Gasteiger partial charge on any atom is 0.434 e. The predicted molar refractivity (Wildman–Crippen MR) is 165 cm³/mol. The van der Waals surface area contributed by atoms with Crippen molar-refractivity contribution in [2.24, 2.45) is 0 Å². The molecule has 0 bridgehead atoms. The highest BCUT2D eigenvalue weighted by Crippen LogP contribution is 2.31. The normalized spacial score (nSPS) is 22.0. The average Bonchev–Trinajstić information content (AvgIpc) is 3.55. The first-order chi connectivity index (χ1) is 22.5. The van der Waals surface area contributed by atoms with E-state index in [1.54, 1.807) is 0 Å². The van der Waals surface area contributed by atoms with Crippen molar-refractivity contribution in [3.05, 3.63) is 130 Å². The zero-order valence-electron chi connectivity index (χ0n) is 25.5. The number of hydrogen-bond acceptors (Lipinski definition) is 9. The summed E-state index contributed by atoms with van der Waals surface area (Å²) in [5.41, 5.74) is 2.89. The van der Waals surface area contributed by atoms with Gasteiger partial charge in [0.15, 0.2) is 12.5 Å². The van der Waals surface area contributed by atoms with Gasteiger partial charge in [0.1, 0.15) is 43.4 Å². The molecule has 1 aromatic heterocycles. The molecule has 0 amide bonds. The van der Waals surface area contributed by atoms with Crippen LogP contribution in [0.15, 0.2) is 103 Å². The Balaban J connectivity index is 1.34. The Hall–Kier alpha value is -4.04. The fourth-order valence-corrected chi connectivity index (χ4v) is 5.26. The summed E-state index contributed by atoms with van der Waals surface area (Å²) >= 11 is 0. The number of imidazole rings is 1. The fraction of sp³-hybridized carbons (Fsp3) is 0.382. The molecule has 3 aromatic carbocycles. The predicted octanol–water partition coefficient (Wildman–Crippen LogP) is 5.27. The van der Waals surface area contributed by atoms with Crippen LogP contribution in [0.25, 0.3) is 0 Å². The van der Waals surface area contributed by atoms with Gasteiger partial charge in [0.25, 0.3) is 0 Å². The zero-order chi connectivity index (χ0) is 32.1. The first kappa shape index (κ1) is 33.3. The van der Waals surface area contributed by atoms with Crippen LogP contribution >= 0.6 is 0 Å². The highest BCUT2D eigenvalue weighted by atomic mass is 19.1. The van der Waals surface area contributed by atoms with E-state index in [4.69, 9.17) is 28.4 Å². The van der Waals surface area contributed by atoms with Crippen molar-refractivity contribution in [2.45, 2.75) is 63.2 Å². The molecule has 244 valence electrons. The van der Waals surface area contributed by atoms with Crippen molar-refractivity contribution in [3.63, 3.8) is 0 Å². The molecule has 0 N–H and O–H groups in total. The quantitative estimate of drug-likeness (QED) is 0.113. The first-order valence-electron chi connectivity index (χ1n) is 15.0. The molecule has 0 radical (unpaired) electrons. The minimum Gasteiger partial charge on any atom is -0.390 e. The SMILES string of the molecule is CO[C@H]1O[C@H](COCC(F)Cn2ccnc2[N+](=O)[O-])[C@@H](OCc2ccccc2)[C@H](OCc2ccccc2)[C@H]1OCc1ccccc1. The molecule has 1 fully saturated rings. The van der Waals surface area contributed by atoms with Gasteiger partial charge in [-0.05, 0) is 21.6 Å². The molecule has 1 aliphatic rings. The zero-order valence-corrected chi connectivity index (χ0v) is 25.5. The molecule has 4 aromatic rings. The number of aromatic nitrogens is 2. The second-order valence-corrected chi connectivity index (χ2v) is 10.8. The lowest BCUT2D eigenvalue weighted by Gasteiger charge is -2.45. The molecule has 12 heteroatoms. The highest BCUT2D eigenvalue weighted by molar-refractivity contribution is 5.16. The topological polar surface area (TPSA) is 116 Å². The lowest BCUT2D eigenvalue weighted by Crippen LogP contribution is -2.61. The number of alkyl halides is 1. The molecule has 1 saturated heterocycles. The van der Waals surface area contributed by atoms with E-state index in [9.17, 15) is 14.5 Å². The standard InChI is InChI=1S/C34H38FN3O8/c1-41-33-32(45-22-27-15-9-4-10-16-27)31(44-21-26-13-7-3-8-14-26)30(43-20-25-11-5-2-6-12-25)29(46-33)24-42-23-28(35)19-37-18-17-36-34(37)38(39)40/h2-18,28-33H,19-24H2,1H3/t28?,29-,30-,31+,32-,33+/m1/s1. The number of nitrogens with zero attached hydrogens (tertiary/aromatic N) is 3. The van der Waals surface area contributed by atoms with Gasteiger partial charge in [0, 0.05) is 7.11 Å². The van der Waals surface area contributed by atoms with E-state index in [-0.39, 0.29) is 39.6 Å². The number of benzene rings is 3. The second-order valence-electron chi connectivity index (χ2n) is 10.8. The summed E-state index contributed by atoms with van der Waals surface area (Å²) in [5, 5.41) is 11.2. The minimum atomic E-state index is -1.54. The Labute approximate surface area is 266 Å². The average molecular weight is 636 g/mol. The third kappa shape index (κ3) is 9.25. The monoisotopic (exact) mass is 635 g/mol. The van der Waals surface area contributed by atoms with Crippen LogP contribution in [-0.2, 0) is 54.8 Å². The van der Waals surface area contributed by atoms with E-state index >= 15 is 0 Å².